The average Bonchev–Trinajstić information content (AvgIpc) is 2.96. The summed E-state index contributed by atoms with van der Waals surface area (Å²) in [5.74, 6) is 1.54. The van der Waals surface area contributed by atoms with Gasteiger partial charge in [-0.05, 0) is 12.1 Å². The number of aromatic nitrogens is 4. The molecule has 1 N–H and O–H groups in total. The van der Waals surface area contributed by atoms with Gasteiger partial charge in [0.1, 0.15) is 5.75 Å². The molecule has 1 aromatic carbocycles. The lowest BCUT2D eigenvalue weighted by atomic mass is 10.2. The van der Waals surface area contributed by atoms with Crippen molar-refractivity contribution < 1.29 is 4.74 Å². The van der Waals surface area contributed by atoms with Crippen LogP contribution in [0.5, 0.6) is 5.75 Å². The molecule has 0 saturated carbocycles. The molecule has 0 saturated heterocycles. The fourth-order valence-electron chi connectivity index (χ4n) is 1.88. The molecule has 0 bridgehead atoms. The second-order valence-corrected chi connectivity index (χ2v) is 3.98. The molecule has 0 unspecified atom stereocenters. The molecular weight excluding hydrogens is 242 g/mol. The fourth-order valence-corrected chi connectivity index (χ4v) is 1.88. The van der Waals surface area contributed by atoms with E-state index in [1.165, 1.54) is 0 Å². The first-order valence-electron chi connectivity index (χ1n) is 6.06. The summed E-state index contributed by atoms with van der Waals surface area (Å²) in [6, 6.07) is 7.91. The lowest BCUT2D eigenvalue weighted by molar-refractivity contribution is 0.414. The van der Waals surface area contributed by atoms with E-state index in [0.717, 1.165) is 24.5 Å². The quantitative estimate of drug-likeness (QED) is 0.762. The summed E-state index contributed by atoms with van der Waals surface area (Å²) in [6.07, 6.45) is 2.57. The minimum atomic E-state index is 0.698. The van der Waals surface area contributed by atoms with Gasteiger partial charge < -0.3 is 9.64 Å². The van der Waals surface area contributed by atoms with Gasteiger partial charge in [0, 0.05) is 19.5 Å². The first-order valence-corrected chi connectivity index (χ1v) is 6.06. The van der Waals surface area contributed by atoms with Gasteiger partial charge in [0.05, 0.1) is 12.8 Å². The average molecular weight is 259 g/mol. The van der Waals surface area contributed by atoms with Gasteiger partial charge in [-0.1, -0.05) is 23.4 Å². The van der Waals surface area contributed by atoms with Crippen LogP contribution < -0.4 is 9.64 Å². The molecule has 19 heavy (non-hydrogen) atoms. The van der Waals surface area contributed by atoms with Crippen molar-refractivity contribution in [3.05, 3.63) is 42.7 Å². The Hall–Kier alpha value is -2.37. The summed E-state index contributed by atoms with van der Waals surface area (Å²) in [6.45, 7) is 5.30. The maximum Gasteiger partial charge on any atom is 0.176 e. The number of H-pyrrole nitrogens is 1. The van der Waals surface area contributed by atoms with E-state index >= 15 is 0 Å². The summed E-state index contributed by atoms with van der Waals surface area (Å²) in [5.41, 5.74) is 1.04. The van der Waals surface area contributed by atoms with Crippen molar-refractivity contribution in [2.24, 2.45) is 0 Å². The Morgan fingerprint density at radius 2 is 2.26 bits per heavy atom. The van der Waals surface area contributed by atoms with Crippen LogP contribution in [-0.2, 0) is 6.42 Å². The minimum absolute atomic E-state index is 0.698. The van der Waals surface area contributed by atoms with Crippen molar-refractivity contribution in [2.75, 3.05) is 25.1 Å². The molecule has 0 fully saturated rings. The van der Waals surface area contributed by atoms with Crippen LogP contribution in [-0.4, -0.2) is 40.8 Å². The molecule has 0 atom stereocenters. The SMILES string of the molecule is C=CCN(CCc1nn[nH]n1)c1ccccc1OC. The van der Waals surface area contributed by atoms with Crippen LogP contribution in [0.15, 0.2) is 36.9 Å². The van der Waals surface area contributed by atoms with Crippen molar-refractivity contribution in [3.63, 3.8) is 0 Å². The molecule has 0 aliphatic rings. The van der Waals surface area contributed by atoms with Crippen molar-refractivity contribution in [2.45, 2.75) is 6.42 Å². The van der Waals surface area contributed by atoms with Crippen molar-refractivity contribution in [1.82, 2.24) is 20.6 Å². The van der Waals surface area contributed by atoms with Gasteiger partial charge in [-0.25, -0.2) is 0 Å². The molecule has 0 aliphatic carbocycles. The summed E-state index contributed by atoms with van der Waals surface area (Å²) >= 11 is 0. The van der Waals surface area contributed by atoms with Crippen LogP contribution in [0.4, 0.5) is 5.69 Å². The lowest BCUT2D eigenvalue weighted by Gasteiger charge is -2.24. The summed E-state index contributed by atoms with van der Waals surface area (Å²) in [4.78, 5) is 2.17. The van der Waals surface area contributed by atoms with E-state index in [2.05, 4.69) is 32.1 Å². The normalized spacial score (nSPS) is 10.2. The monoisotopic (exact) mass is 259 g/mol. The Kier molecular flexibility index (Phi) is 4.49. The maximum absolute atomic E-state index is 5.38. The topological polar surface area (TPSA) is 66.9 Å². The highest BCUT2D eigenvalue weighted by Gasteiger charge is 2.11. The number of hydrogen-bond donors (Lipinski definition) is 1. The molecule has 0 radical (unpaired) electrons. The van der Waals surface area contributed by atoms with Gasteiger partial charge in [0.15, 0.2) is 5.82 Å². The third-order valence-electron chi connectivity index (χ3n) is 2.77. The Bertz CT molecular complexity index is 512. The Morgan fingerprint density at radius 1 is 1.42 bits per heavy atom. The second kappa shape index (κ2) is 6.53. The van der Waals surface area contributed by atoms with Crippen molar-refractivity contribution >= 4 is 5.69 Å². The van der Waals surface area contributed by atoms with E-state index in [1.807, 2.05) is 30.3 Å². The second-order valence-electron chi connectivity index (χ2n) is 3.98. The van der Waals surface area contributed by atoms with Gasteiger partial charge >= 0.3 is 0 Å². The first kappa shape index (κ1) is 13.1. The molecule has 0 amide bonds. The molecule has 100 valence electrons. The zero-order valence-corrected chi connectivity index (χ0v) is 10.9. The molecule has 0 aliphatic heterocycles. The number of nitrogens with zero attached hydrogens (tertiary/aromatic N) is 4. The van der Waals surface area contributed by atoms with Crippen LogP contribution in [0.25, 0.3) is 0 Å². The van der Waals surface area contributed by atoms with Crippen LogP contribution >= 0.6 is 0 Å². The van der Waals surface area contributed by atoms with E-state index in [-0.39, 0.29) is 0 Å². The summed E-state index contributed by atoms with van der Waals surface area (Å²) in [7, 11) is 1.67. The molecule has 2 aromatic rings. The van der Waals surface area contributed by atoms with Crippen LogP contribution in [0.3, 0.4) is 0 Å². The summed E-state index contributed by atoms with van der Waals surface area (Å²) < 4.78 is 5.38. The standard InChI is InChI=1S/C13H17N5O/c1-3-9-18(10-8-13-14-16-17-15-13)11-6-4-5-7-12(11)19-2/h3-7H,1,8-10H2,2H3,(H,14,15,16,17). The number of anilines is 1. The Balaban J connectivity index is 2.12. The van der Waals surface area contributed by atoms with E-state index in [9.17, 15) is 0 Å². The zero-order chi connectivity index (χ0) is 13.5. The highest BCUT2D eigenvalue weighted by Crippen LogP contribution is 2.27. The molecule has 1 heterocycles. The number of methoxy groups -OCH3 is 1. The van der Waals surface area contributed by atoms with E-state index in [1.54, 1.807) is 7.11 Å². The number of tetrazole rings is 1. The Morgan fingerprint density at radius 3 is 2.95 bits per heavy atom. The minimum Gasteiger partial charge on any atom is -0.495 e. The molecule has 6 heteroatoms. The van der Waals surface area contributed by atoms with Crippen molar-refractivity contribution in [3.8, 4) is 5.75 Å². The third kappa shape index (κ3) is 3.31. The third-order valence-corrected chi connectivity index (χ3v) is 2.77. The highest BCUT2D eigenvalue weighted by atomic mass is 16.5. The maximum atomic E-state index is 5.38. The van der Waals surface area contributed by atoms with Crippen LogP contribution in [0.1, 0.15) is 5.82 Å². The first-order chi connectivity index (χ1) is 9.35. The number of ether oxygens (including phenoxy) is 1. The smallest absolute Gasteiger partial charge is 0.176 e. The molecular formula is C13H17N5O. The van der Waals surface area contributed by atoms with Crippen LogP contribution in [0.2, 0.25) is 0 Å². The number of aromatic amines is 1. The predicted molar refractivity (Wildman–Crippen MR) is 73.3 cm³/mol. The fraction of sp³-hybridized carbons (Fsp3) is 0.308. The van der Waals surface area contributed by atoms with Gasteiger partial charge in [0.25, 0.3) is 0 Å². The predicted octanol–water partition coefficient (Wildman–Crippen LogP) is 1.44. The number of para-hydroxylation sites is 2. The number of rotatable bonds is 7. The van der Waals surface area contributed by atoms with E-state index in [0.29, 0.717) is 12.2 Å². The molecule has 6 nitrogen and oxygen atoms in total. The zero-order valence-electron chi connectivity index (χ0n) is 10.9. The number of nitrogens with one attached hydrogen (secondary N) is 1. The van der Waals surface area contributed by atoms with Gasteiger partial charge in [-0.2, -0.15) is 5.21 Å². The number of hydrogen-bond acceptors (Lipinski definition) is 5. The molecule has 0 spiro atoms. The van der Waals surface area contributed by atoms with Crippen molar-refractivity contribution in [1.29, 1.82) is 0 Å². The van der Waals surface area contributed by atoms with Crippen LogP contribution in [0, 0.1) is 0 Å². The largest absolute Gasteiger partial charge is 0.495 e. The highest BCUT2D eigenvalue weighted by molar-refractivity contribution is 5.58. The molecule has 2 rings (SSSR count). The van der Waals surface area contributed by atoms with E-state index in [4.69, 9.17) is 4.74 Å². The van der Waals surface area contributed by atoms with E-state index < -0.39 is 0 Å². The number of benzene rings is 1. The van der Waals surface area contributed by atoms with Gasteiger partial charge in [-0.15, -0.1) is 16.8 Å². The van der Waals surface area contributed by atoms with Gasteiger partial charge in [0.2, 0.25) is 0 Å². The summed E-state index contributed by atoms with van der Waals surface area (Å²) in [5, 5.41) is 13.9. The lowest BCUT2D eigenvalue weighted by Crippen LogP contribution is -2.26. The molecule has 1 aromatic heterocycles. The van der Waals surface area contributed by atoms with Gasteiger partial charge in [-0.3, -0.25) is 0 Å². The Labute approximate surface area is 112 Å².